The van der Waals surface area contributed by atoms with Crippen LogP contribution < -0.4 is 16.8 Å². The van der Waals surface area contributed by atoms with Gasteiger partial charge in [-0.25, -0.2) is 4.79 Å². The SMILES string of the molecule is CN(CC(=O)N[C@@H](CCCCN)C(=O)O)C(=N)N. The van der Waals surface area contributed by atoms with E-state index in [0.29, 0.717) is 25.8 Å². The molecule has 0 spiro atoms. The lowest BCUT2D eigenvalue weighted by molar-refractivity contribution is -0.142. The second kappa shape index (κ2) is 8.29. The van der Waals surface area contributed by atoms with Gasteiger partial charge in [0.15, 0.2) is 5.96 Å². The van der Waals surface area contributed by atoms with Gasteiger partial charge in [0.1, 0.15) is 6.04 Å². The second-order valence-corrected chi connectivity index (χ2v) is 3.98. The molecule has 0 aliphatic carbocycles. The van der Waals surface area contributed by atoms with Gasteiger partial charge in [0.2, 0.25) is 5.91 Å². The first-order chi connectivity index (χ1) is 8.38. The number of likely N-dealkylation sites (N-methyl/N-ethyl adjacent to an activating group) is 1. The first-order valence-electron chi connectivity index (χ1n) is 5.65. The van der Waals surface area contributed by atoms with Gasteiger partial charge in [-0.15, -0.1) is 0 Å². The highest BCUT2D eigenvalue weighted by Gasteiger charge is 2.20. The lowest BCUT2D eigenvalue weighted by Crippen LogP contribution is -2.47. The van der Waals surface area contributed by atoms with Crippen LogP contribution in [-0.2, 0) is 9.59 Å². The maximum atomic E-state index is 11.5. The fourth-order valence-corrected chi connectivity index (χ4v) is 1.29. The molecule has 1 amide bonds. The van der Waals surface area contributed by atoms with E-state index in [1.807, 2.05) is 0 Å². The minimum absolute atomic E-state index is 0.143. The Balaban J connectivity index is 4.19. The molecule has 104 valence electrons. The Morgan fingerprint density at radius 1 is 1.44 bits per heavy atom. The van der Waals surface area contributed by atoms with E-state index in [1.54, 1.807) is 0 Å². The number of carbonyl (C=O) groups is 2. The molecule has 8 heteroatoms. The molecule has 0 aromatic rings. The number of rotatable bonds is 8. The Morgan fingerprint density at radius 3 is 2.50 bits per heavy atom. The summed E-state index contributed by atoms with van der Waals surface area (Å²) in [5.74, 6) is -1.81. The van der Waals surface area contributed by atoms with Crippen LogP contribution in [0.2, 0.25) is 0 Å². The van der Waals surface area contributed by atoms with Crippen molar-refractivity contribution in [1.29, 1.82) is 5.41 Å². The third-order valence-electron chi connectivity index (χ3n) is 2.37. The lowest BCUT2D eigenvalue weighted by Gasteiger charge is -2.19. The smallest absolute Gasteiger partial charge is 0.326 e. The largest absolute Gasteiger partial charge is 0.480 e. The van der Waals surface area contributed by atoms with Crippen molar-refractivity contribution in [2.75, 3.05) is 20.1 Å². The van der Waals surface area contributed by atoms with Crippen LogP contribution >= 0.6 is 0 Å². The Hall–Kier alpha value is -1.83. The highest BCUT2D eigenvalue weighted by molar-refractivity contribution is 5.87. The van der Waals surface area contributed by atoms with Crippen molar-refractivity contribution in [2.45, 2.75) is 25.3 Å². The number of unbranched alkanes of at least 4 members (excludes halogenated alkanes) is 1. The molecule has 0 bridgehead atoms. The molecule has 0 radical (unpaired) electrons. The maximum Gasteiger partial charge on any atom is 0.326 e. The summed E-state index contributed by atoms with van der Waals surface area (Å²) in [6.07, 6.45) is 1.69. The van der Waals surface area contributed by atoms with E-state index in [9.17, 15) is 9.59 Å². The summed E-state index contributed by atoms with van der Waals surface area (Å²) >= 11 is 0. The maximum absolute atomic E-state index is 11.5. The number of carboxylic acid groups (broad SMARTS) is 1. The minimum atomic E-state index is -1.08. The van der Waals surface area contributed by atoms with Gasteiger partial charge in [-0.3, -0.25) is 10.2 Å². The minimum Gasteiger partial charge on any atom is -0.480 e. The molecule has 18 heavy (non-hydrogen) atoms. The highest BCUT2D eigenvalue weighted by atomic mass is 16.4. The number of amides is 1. The van der Waals surface area contributed by atoms with E-state index in [0.717, 1.165) is 0 Å². The molecule has 0 rings (SSSR count). The van der Waals surface area contributed by atoms with Crippen LogP contribution in [0.15, 0.2) is 0 Å². The zero-order chi connectivity index (χ0) is 14.1. The predicted octanol–water partition coefficient (Wildman–Crippen LogP) is -1.49. The number of guanidine groups is 1. The van der Waals surface area contributed by atoms with Crippen molar-refractivity contribution in [3.8, 4) is 0 Å². The molecule has 8 nitrogen and oxygen atoms in total. The fourth-order valence-electron chi connectivity index (χ4n) is 1.29. The van der Waals surface area contributed by atoms with Crippen LogP contribution in [0.3, 0.4) is 0 Å². The summed E-state index contributed by atoms with van der Waals surface area (Å²) in [5.41, 5.74) is 10.5. The van der Waals surface area contributed by atoms with Crippen LogP contribution in [0, 0.1) is 5.41 Å². The molecular formula is C10H21N5O3. The zero-order valence-electron chi connectivity index (χ0n) is 10.5. The average molecular weight is 259 g/mol. The highest BCUT2D eigenvalue weighted by Crippen LogP contribution is 2.00. The first kappa shape index (κ1) is 16.2. The van der Waals surface area contributed by atoms with E-state index in [-0.39, 0.29) is 12.5 Å². The third-order valence-corrected chi connectivity index (χ3v) is 2.37. The van der Waals surface area contributed by atoms with Gasteiger partial charge >= 0.3 is 5.97 Å². The Bertz CT molecular complexity index is 308. The standard InChI is InChI=1S/C10H21N5O3/c1-15(10(12)13)6-8(16)14-7(9(17)18)4-2-3-5-11/h7H,2-6,11H2,1H3,(H3,12,13)(H,14,16)(H,17,18)/t7-/m0/s1. The van der Waals surface area contributed by atoms with Crippen molar-refractivity contribution < 1.29 is 14.7 Å². The Morgan fingerprint density at radius 2 is 2.06 bits per heavy atom. The van der Waals surface area contributed by atoms with Crippen molar-refractivity contribution in [3.05, 3.63) is 0 Å². The molecule has 0 aliphatic heterocycles. The molecule has 0 saturated heterocycles. The molecule has 0 aliphatic rings. The van der Waals surface area contributed by atoms with E-state index < -0.39 is 17.9 Å². The second-order valence-electron chi connectivity index (χ2n) is 3.98. The number of carbonyl (C=O) groups excluding carboxylic acids is 1. The topological polar surface area (TPSA) is 146 Å². The van der Waals surface area contributed by atoms with E-state index in [2.05, 4.69) is 5.32 Å². The fraction of sp³-hybridized carbons (Fsp3) is 0.700. The number of nitrogens with zero attached hydrogens (tertiary/aromatic N) is 1. The normalized spacial score (nSPS) is 11.7. The third kappa shape index (κ3) is 6.69. The van der Waals surface area contributed by atoms with Crippen molar-refractivity contribution in [2.24, 2.45) is 11.5 Å². The van der Waals surface area contributed by atoms with Crippen molar-refractivity contribution in [3.63, 3.8) is 0 Å². The van der Waals surface area contributed by atoms with Gasteiger partial charge in [0.25, 0.3) is 0 Å². The summed E-state index contributed by atoms with van der Waals surface area (Å²) in [6, 6.07) is -0.926. The molecule has 0 saturated carbocycles. The van der Waals surface area contributed by atoms with Crippen molar-refractivity contribution in [1.82, 2.24) is 10.2 Å². The van der Waals surface area contributed by atoms with Gasteiger partial charge in [0, 0.05) is 7.05 Å². The molecule has 0 aromatic carbocycles. The van der Waals surface area contributed by atoms with Crippen LogP contribution in [-0.4, -0.2) is 54.0 Å². The Labute approximate surface area is 106 Å². The summed E-state index contributed by atoms with van der Waals surface area (Å²) in [6.45, 7) is 0.351. The molecule has 0 fully saturated rings. The van der Waals surface area contributed by atoms with E-state index in [1.165, 1.54) is 11.9 Å². The number of hydrogen-bond donors (Lipinski definition) is 5. The van der Waals surface area contributed by atoms with E-state index in [4.69, 9.17) is 22.0 Å². The number of carboxylic acids is 1. The molecule has 1 atom stereocenters. The summed E-state index contributed by atoms with van der Waals surface area (Å²) in [7, 11) is 1.48. The summed E-state index contributed by atoms with van der Waals surface area (Å²) < 4.78 is 0. The number of hydrogen-bond acceptors (Lipinski definition) is 4. The lowest BCUT2D eigenvalue weighted by atomic mass is 10.1. The van der Waals surface area contributed by atoms with Gasteiger partial charge < -0.3 is 26.8 Å². The van der Waals surface area contributed by atoms with Gasteiger partial charge in [-0.1, -0.05) is 0 Å². The molecule has 0 aromatic heterocycles. The average Bonchev–Trinajstić information content (AvgIpc) is 2.27. The molecular weight excluding hydrogens is 238 g/mol. The predicted molar refractivity (Wildman–Crippen MR) is 67.0 cm³/mol. The first-order valence-corrected chi connectivity index (χ1v) is 5.65. The van der Waals surface area contributed by atoms with E-state index >= 15 is 0 Å². The zero-order valence-corrected chi connectivity index (χ0v) is 10.5. The van der Waals surface area contributed by atoms with Crippen LogP contribution in [0.4, 0.5) is 0 Å². The quantitative estimate of drug-likeness (QED) is 0.204. The van der Waals surface area contributed by atoms with Gasteiger partial charge in [0.05, 0.1) is 6.54 Å². The van der Waals surface area contributed by atoms with Crippen LogP contribution in [0.1, 0.15) is 19.3 Å². The monoisotopic (exact) mass is 259 g/mol. The number of nitrogens with one attached hydrogen (secondary N) is 2. The van der Waals surface area contributed by atoms with Gasteiger partial charge in [-0.05, 0) is 25.8 Å². The summed E-state index contributed by atoms with van der Waals surface area (Å²) in [4.78, 5) is 23.7. The molecule has 7 N–H and O–H groups in total. The van der Waals surface area contributed by atoms with Gasteiger partial charge in [-0.2, -0.15) is 0 Å². The van der Waals surface area contributed by atoms with Crippen molar-refractivity contribution >= 4 is 17.8 Å². The molecule has 0 heterocycles. The number of nitrogens with two attached hydrogens (primary N) is 2. The molecule has 0 unspecified atom stereocenters. The number of aliphatic carboxylic acids is 1. The Kier molecular flexibility index (Phi) is 7.45. The van der Waals surface area contributed by atoms with Crippen LogP contribution in [0.5, 0.6) is 0 Å². The summed E-state index contributed by atoms with van der Waals surface area (Å²) in [5, 5.41) is 18.4. The van der Waals surface area contributed by atoms with Crippen LogP contribution in [0.25, 0.3) is 0 Å².